The number of aromatic amines is 1. The fraction of sp³-hybridized carbons (Fsp3) is 0.300. The molecule has 0 radical (unpaired) electrons. The van der Waals surface area contributed by atoms with E-state index in [2.05, 4.69) is 20.0 Å². The quantitative estimate of drug-likeness (QED) is 0.546. The summed E-state index contributed by atoms with van der Waals surface area (Å²) < 4.78 is 32.2. The Kier molecular flexibility index (Phi) is 5.78. The van der Waals surface area contributed by atoms with Crippen LogP contribution in [0.3, 0.4) is 0 Å². The molecule has 0 spiro atoms. The van der Waals surface area contributed by atoms with E-state index in [0.29, 0.717) is 28.4 Å². The maximum absolute atomic E-state index is 12.4. The average molecular weight is 417 g/mol. The summed E-state index contributed by atoms with van der Waals surface area (Å²) in [6, 6.07) is 8.79. The van der Waals surface area contributed by atoms with Gasteiger partial charge in [0.25, 0.3) is 5.91 Å². The minimum atomic E-state index is -3.44. The van der Waals surface area contributed by atoms with Gasteiger partial charge >= 0.3 is 0 Å². The van der Waals surface area contributed by atoms with Gasteiger partial charge in [-0.25, -0.2) is 13.4 Å². The molecule has 0 bridgehead atoms. The van der Waals surface area contributed by atoms with Crippen molar-refractivity contribution in [1.82, 2.24) is 15.3 Å². The van der Waals surface area contributed by atoms with Gasteiger partial charge in [0.1, 0.15) is 17.1 Å². The Morgan fingerprint density at radius 1 is 1.21 bits per heavy atom. The van der Waals surface area contributed by atoms with E-state index >= 15 is 0 Å². The number of nitrogens with zero attached hydrogens (tertiary/aromatic N) is 1. The van der Waals surface area contributed by atoms with Crippen molar-refractivity contribution in [2.45, 2.75) is 34.2 Å². The molecule has 0 aliphatic carbocycles. The zero-order valence-corrected chi connectivity index (χ0v) is 17.6. The Balaban J connectivity index is 1.81. The second-order valence-corrected chi connectivity index (χ2v) is 8.78. The molecule has 0 aliphatic rings. The van der Waals surface area contributed by atoms with Gasteiger partial charge in [0.05, 0.1) is 23.5 Å². The van der Waals surface area contributed by atoms with Gasteiger partial charge in [-0.1, -0.05) is 12.1 Å². The molecule has 1 aromatic carbocycles. The lowest BCUT2D eigenvalue weighted by atomic mass is 10.2. The van der Waals surface area contributed by atoms with E-state index in [0.717, 1.165) is 11.3 Å². The van der Waals surface area contributed by atoms with Gasteiger partial charge in [-0.2, -0.15) is 0 Å². The number of sulfonamides is 1. The molecule has 29 heavy (non-hydrogen) atoms. The topological polar surface area (TPSA) is 117 Å². The Hall–Kier alpha value is -3.07. The zero-order valence-electron chi connectivity index (χ0n) is 16.8. The van der Waals surface area contributed by atoms with Crippen LogP contribution in [0.1, 0.15) is 40.1 Å². The first kappa shape index (κ1) is 20.7. The van der Waals surface area contributed by atoms with Crippen molar-refractivity contribution in [3.63, 3.8) is 0 Å². The molecule has 0 atom stereocenters. The number of carbonyl (C=O) groups is 1. The van der Waals surface area contributed by atoms with E-state index in [9.17, 15) is 13.2 Å². The molecule has 0 saturated carbocycles. The van der Waals surface area contributed by atoms with Crippen LogP contribution >= 0.6 is 0 Å². The summed E-state index contributed by atoms with van der Waals surface area (Å²) in [5.41, 5.74) is 3.80. The lowest BCUT2D eigenvalue weighted by Crippen LogP contribution is -2.24. The second kappa shape index (κ2) is 8.12. The number of anilines is 1. The molecule has 3 aromatic rings. The van der Waals surface area contributed by atoms with Gasteiger partial charge in [0.2, 0.25) is 15.9 Å². The summed E-state index contributed by atoms with van der Waals surface area (Å²) in [7, 11) is -3.44. The standard InChI is InChI=1S/C20H24N4O4S/c1-5-29(26,27)24-16-9-7-6-8-15(16)20-23-17(14(4)28-20)11-21-19(25)18-12(2)10-13(3)22-18/h6-10,22,24H,5,11H2,1-4H3,(H,21,25). The normalized spacial score (nSPS) is 11.4. The molecule has 2 aromatic heterocycles. The van der Waals surface area contributed by atoms with Crippen LogP contribution in [0.25, 0.3) is 11.5 Å². The number of carbonyl (C=O) groups excluding carboxylic acids is 1. The van der Waals surface area contributed by atoms with Crippen molar-refractivity contribution in [1.29, 1.82) is 0 Å². The summed E-state index contributed by atoms with van der Waals surface area (Å²) >= 11 is 0. The molecular weight excluding hydrogens is 392 g/mol. The smallest absolute Gasteiger partial charge is 0.268 e. The highest BCUT2D eigenvalue weighted by molar-refractivity contribution is 7.92. The Morgan fingerprint density at radius 2 is 1.93 bits per heavy atom. The molecule has 9 heteroatoms. The predicted octanol–water partition coefficient (Wildman–Crippen LogP) is 3.29. The fourth-order valence-corrected chi connectivity index (χ4v) is 3.58. The number of amides is 1. The molecule has 3 rings (SSSR count). The van der Waals surface area contributed by atoms with Crippen LogP contribution in [0.5, 0.6) is 0 Å². The minimum Gasteiger partial charge on any atom is -0.441 e. The summed E-state index contributed by atoms with van der Waals surface area (Å²) in [5.74, 6) is 0.567. The molecule has 0 aliphatic heterocycles. The summed E-state index contributed by atoms with van der Waals surface area (Å²) in [6.45, 7) is 7.26. The highest BCUT2D eigenvalue weighted by Gasteiger charge is 2.18. The van der Waals surface area contributed by atoms with Gasteiger partial charge in [-0.15, -0.1) is 0 Å². The second-order valence-electron chi connectivity index (χ2n) is 6.77. The maximum atomic E-state index is 12.4. The van der Waals surface area contributed by atoms with E-state index in [4.69, 9.17) is 4.42 Å². The number of benzene rings is 1. The van der Waals surface area contributed by atoms with Crippen molar-refractivity contribution >= 4 is 21.6 Å². The highest BCUT2D eigenvalue weighted by atomic mass is 32.2. The molecule has 0 fully saturated rings. The number of hydrogen-bond acceptors (Lipinski definition) is 5. The van der Waals surface area contributed by atoms with Crippen LogP contribution < -0.4 is 10.0 Å². The number of oxazole rings is 1. The van der Waals surface area contributed by atoms with E-state index in [1.807, 2.05) is 19.9 Å². The Morgan fingerprint density at radius 3 is 2.59 bits per heavy atom. The monoisotopic (exact) mass is 416 g/mol. The van der Waals surface area contributed by atoms with Crippen molar-refractivity contribution < 1.29 is 17.6 Å². The predicted molar refractivity (Wildman–Crippen MR) is 111 cm³/mol. The number of aryl methyl sites for hydroxylation is 3. The number of hydrogen-bond donors (Lipinski definition) is 3. The van der Waals surface area contributed by atoms with Gasteiger partial charge in [0.15, 0.2) is 0 Å². The van der Waals surface area contributed by atoms with Crippen LogP contribution in [0.15, 0.2) is 34.7 Å². The van der Waals surface area contributed by atoms with Gasteiger partial charge in [0, 0.05) is 5.69 Å². The number of rotatable bonds is 7. The molecular formula is C20H24N4O4S. The van der Waals surface area contributed by atoms with Crippen LogP contribution in [0.2, 0.25) is 0 Å². The van der Waals surface area contributed by atoms with E-state index in [1.54, 1.807) is 38.1 Å². The third kappa shape index (κ3) is 4.68. The number of nitrogens with one attached hydrogen (secondary N) is 3. The van der Waals surface area contributed by atoms with Crippen molar-refractivity contribution in [2.75, 3.05) is 10.5 Å². The fourth-order valence-electron chi connectivity index (χ4n) is 2.92. The van der Waals surface area contributed by atoms with E-state index < -0.39 is 10.0 Å². The van der Waals surface area contributed by atoms with Gasteiger partial charge < -0.3 is 14.7 Å². The van der Waals surface area contributed by atoms with Gasteiger partial charge in [-0.05, 0) is 51.5 Å². The Bertz CT molecular complexity index is 1150. The molecule has 0 saturated heterocycles. The lowest BCUT2D eigenvalue weighted by molar-refractivity contribution is 0.0945. The number of aromatic nitrogens is 2. The van der Waals surface area contributed by atoms with Crippen LogP contribution in [0.4, 0.5) is 5.69 Å². The average Bonchev–Trinajstić information content (AvgIpc) is 3.21. The summed E-state index contributed by atoms with van der Waals surface area (Å²) in [4.78, 5) is 19.9. The van der Waals surface area contributed by atoms with Crippen molar-refractivity contribution in [3.05, 3.63) is 58.7 Å². The first-order valence-corrected chi connectivity index (χ1v) is 10.9. The molecule has 154 valence electrons. The molecule has 2 heterocycles. The minimum absolute atomic E-state index is 0.0408. The first-order valence-electron chi connectivity index (χ1n) is 9.20. The van der Waals surface area contributed by atoms with Gasteiger partial charge in [-0.3, -0.25) is 9.52 Å². The van der Waals surface area contributed by atoms with Crippen LogP contribution in [-0.4, -0.2) is 30.0 Å². The molecule has 3 N–H and O–H groups in total. The van der Waals surface area contributed by atoms with E-state index in [-0.39, 0.29) is 24.1 Å². The number of H-pyrrole nitrogens is 1. The van der Waals surface area contributed by atoms with E-state index in [1.165, 1.54) is 0 Å². The largest absolute Gasteiger partial charge is 0.441 e. The maximum Gasteiger partial charge on any atom is 0.268 e. The lowest BCUT2D eigenvalue weighted by Gasteiger charge is -2.09. The molecule has 1 amide bonds. The molecule has 0 unspecified atom stereocenters. The van der Waals surface area contributed by atoms with Crippen molar-refractivity contribution in [3.8, 4) is 11.5 Å². The first-order chi connectivity index (χ1) is 13.7. The third-order valence-electron chi connectivity index (χ3n) is 4.49. The van der Waals surface area contributed by atoms with Crippen molar-refractivity contribution in [2.24, 2.45) is 0 Å². The summed E-state index contributed by atoms with van der Waals surface area (Å²) in [5, 5.41) is 2.83. The third-order valence-corrected chi connectivity index (χ3v) is 5.78. The Labute approximate surface area is 169 Å². The molecule has 8 nitrogen and oxygen atoms in total. The highest BCUT2D eigenvalue weighted by Crippen LogP contribution is 2.29. The zero-order chi connectivity index (χ0) is 21.2. The summed E-state index contributed by atoms with van der Waals surface area (Å²) in [6.07, 6.45) is 0. The SMILES string of the molecule is CCS(=O)(=O)Nc1ccccc1-c1nc(CNC(=O)c2[nH]c(C)cc2C)c(C)o1. The number of para-hydroxylation sites is 1. The van der Waals surface area contributed by atoms with Crippen LogP contribution in [0, 0.1) is 20.8 Å². The van der Waals surface area contributed by atoms with Crippen LogP contribution in [-0.2, 0) is 16.6 Å².